The zero-order chi connectivity index (χ0) is 26.7. The maximum absolute atomic E-state index is 13.5. The zero-order valence-corrected chi connectivity index (χ0v) is 22.4. The Morgan fingerprint density at radius 1 is 1.14 bits per heavy atom. The van der Waals surface area contributed by atoms with Crippen LogP contribution in [0.4, 0.5) is 5.95 Å². The van der Waals surface area contributed by atoms with Gasteiger partial charge in [-0.1, -0.05) is 44.7 Å². The van der Waals surface area contributed by atoms with Crippen molar-refractivity contribution in [1.82, 2.24) is 14.9 Å². The molecule has 194 valence electrons. The van der Waals surface area contributed by atoms with Crippen LogP contribution in [0.1, 0.15) is 41.8 Å². The van der Waals surface area contributed by atoms with Crippen LogP contribution >= 0.6 is 0 Å². The molecule has 1 unspecified atom stereocenters. The standard InChI is InChI=1S/C28H32N4O4S/c1-6-22-17-32(14-13-18(2)3)27(33)21-11-8-12-23(15-21)37(34,35)31-28-29-24(16-25(30-28)36-22)26-19(4)9-7-10-20(26)5/h6-12,15-16,18,22H,1,13-14,17H2,2-5H3,(H,29,30,31). The molecule has 1 aliphatic rings. The van der Waals surface area contributed by atoms with E-state index < -0.39 is 16.1 Å². The molecule has 8 nitrogen and oxygen atoms in total. The van der Waals surface area contributed by atoms with Gasteiger partial charge in [-0.2, -0.15) is 4.98 Å². The smallest absolute Gasteiger partial charge is 0.264 e. The summed E-state index contributed by atoms with van der Waals surface area (Å²) in [6.45, 7) is 12.7. The normalized spacial score (nSPS) is 17.2. The minimum atomic E-state index is -4.09. The van der Waals surface area contributed by atoms with E-state index in [0.717, 1.165) is 23.1 Å². The number of hydrogen-bond donors (Lipinski definition) is 1. The highest BCUT2D eigenvalue weighted by Crippen LogP contribution is 2.30. The lowest BCUT2D eigenvalue weighted by Crippen LogP contribution is -2.40. The number of aryl methyl sites for hydroxylation is 2. The minimum absolute atomic E-state index is 0.0507. The highest BCUT2D eigenvalue weighted by atomic mass is 32.2. The quantitative estimate of drug-likeness (QED) is 0.475. The third kappa shape index (κ3) is 5.99. The Labute approximate surface area is 218 Å². The number of aromatic nitrogens is 2. The Morgan fingerprint density at radius 2 is 1.84 bits per heavy atom. The number of anilines is 1. The monoisotopic (exact) mass is 520 g/mol. The molecule has 0 fully saturated rings. The Bertz CT molecular complexity index is 1420. The summed E-state index contributed by atoms with van der Waals surface area (Å²) in [6.07, 6.45) is 1.82. The van der Waals surface area contributed by atoms with Crippen LogP contribution in [0.25, 0.3) is 11.3 Å². The van der Waals surface area contributed by atoms with Gasteiger partial charge in [0.1, 0.15) is 6.10 Å². The Balaban J connectivity index is 1.88. The first-order chi connectivity index (χ1) is 17.6. The molecule has 2 heterocycles. The van der Waals surface area contributed by atoms with E-state index in [2.05, 4.69) is 35.1 Å². The molecule has 1 N–H and O–H groups in total. The Kier molecular flexibility index (Phi) is 7.63. The molecule has 0 saturated heterocycles. The van der Waals surface area contributed by atoms with Crippen LogP contribution in [0.15, 0.2) is 66.1 Å². The summed E-state index contributed by atoms with van der Waals surface area (Å²) in [4.78, 5) is 24.0. The second kappa shape index (κ2) is 10.7. The van der Waals surface area contributed by atoms with Gasteiger partial charge < -0.3 is 9.64 Å². The molecule has 1 aliphatic heterocycles. The number of benzene rings is 2. The van der Waals surface area contributed by atoms with Crippen LogP contribution in [0, 0.1) is 19.8 Å². The summed E-state index contributed by atoms with van der Waals surface area (Å²) in [6, 6.07) is 13.6. The molecule has 9 heteroatoms. The fraction of sp³-hybridized carbons (Fsp3) is 0.321. The number of ether oxygens (including phenoxy) is 1. The second-order valence-corrected chi connectivity index (χ2v) is 11.3. The zero-order valence-electron chi connectivity index (χ0n) is 21.6. The lowest BCUT2D eigenvalue weighted by molar-refractivity contribution is 0.0683. The molecule has 2 aromatic carbocycles. The van der Waals surface area contributed by atoms with Gasteiger partial charge in [0.15, 0.2) is 0 Å². The molecule has 0 radical (unpaired) electrons. The molecule has 37 heavy (non-hydrogen) atoms. The maximum Gasteiger partial charge on any atom is 0.264 e. The summed E-state index contributed by atoms with van der Waals surface area (Å²) in [7, 11) is -4.09. The number of hydrogen-bond acceptors (Lipinski definition) is 6. The summed E-state index contributed by atoms with van der Waals surface area (Å²) in [5.74, 6) is 0.158. The van der Waals surface area contributed by atoms with Crippen molar-refractivity contribution >= 4 is 21.9 Å². The van der Waals surface area contributed by atoms with E-state index in [9.17, 15) is 13.2 Å². The third-order valence-electron chi connectivity index (χ3n) is 6.26. The van der Waals surface area contributed by atoms with Crippen molar-refractivity contribution in [2.75, 3.05) is 17.8 Å². The van der Waals surface area contributed by atoms with Gasteiger partial charge in [0.05, 0.1) is 17.1 Å². The van der Waals surface area contributed by atoms with Crippen LogP contribution in [0.5, 0.6) is 5.88 Å². The number of nitrogens with one attached hydrogen (secondary N) is 1. The van der Waals surface area contributed by atoms with E-state index in [4.69, 9.17) is 4.74 Å². The Hall–Kier alpha value is -3.72. The van der Waals surface area contributed by atoms with Crippen LogP contribution in [-0.4, -0.2) is 48.4 Å². The summed E-state index contributed by atoms with van der Waals surface area (Å²) < 4.78 is 35.3. The van der Waals surface area contributed by atoms with E-state index in [-0.39, 0.29) is 34.7 Å². The third-order valence-corrected chi connectivity index (χ3v) is 7.58. The van der Waals surface area contributed by atoms with Crippen molar-refractivity contribution in [3.63, 3.8) is 0 Å². The SMILES string of the molecule is C=CC1CN(CCC(C)C)C(=O)c2cccc(c2)S(=O)(=O)Nc2nc(cc(-c3c(C)cccc3C)n2)O1. The van der Waals surface area contributed by atoms with Gasteiger partial charge in [-0.3, -0.25) is 4.79 Å². The number of sulfonamides is 1. The first kappa shape index (κ1) is 26.3. The van der Waals surface area contributed by atoms with Crippen molar-refractivity contribution < 1.29 is 17.9 Å². The van der Waals surface area contributed by atoms with E-state index >= 15 is 0 Å². The van der Waals surface area contributed by atoms with Gasteiger partial charge in [0.25, 0.3) is 15.9 Å². The number of rotatable bonds is 5. The van der Waals surface area contributed by atoms with Crippen molar-refractivity contribution in [2.45, 2.75) is 45.1 Å². The van der Waals surface area contributed by atoms with Crippen molar-refractivity contribution in [2.24, 2.45) is 5.92 Å². The fourth-order valence-corrected chi connectivity index (χ4v) is 5.25. The van der Waals surface area contributed by atoms with Gasteiger partial charge in [-0.25, -0.2) is 18.1 Å². The van der Waals surface area contributed by atoms with Crippen molar-refractivity contribution in [3.8, 4) is 17.1 Å². The minimum Gasteiger partial charge on any atom is -0.468 e. The van der Waals surface area contributed by atoms with Gasteiger partial charge in [0, 0.05) is 23.7 Å². The average molecular weight is 521 g/mol. The molecular weight excluding hydrogens is 488 g/mol. The maximum atomic E-state index is 13.5. The van der Waals surface area contributed by atoms with E-state index in [1.54, 1.807) is 29.2 Å². The predicted octanol–water partition coefficient (Wildman–Crippen LogP) is 5.00. The topological polar surface area (TPSA) is 101 Å². The van der Waals surface area contributed by atoms with Gasteiger partial charge >= 0.3 is 0 Å². The van der Waals surface area contributed by atoms with Gasteiger partial charge in [-0.05, 0) is 61.6 Å². The summed E-state index contributed by atoms with van der Waals surface area (Å²) in [5, 5.41) is 0. The molecule has 3 aromatic rings. The van der Waals surface area contributed by atoms with Crippen LogP contribution in [0.2, 0.25) is 0 Å². The van der Waals surface area contributed by atoms with Crippen LogP contribution in [-0.2, 0) is 10.0 Å². The highest BCUT2D eigenvalue weighted by molar-refractivity contribution is 7.92. The number of amides is 1. The lowest BCUT2D eigenvalue weighted by Gasteiger charge is -2.27. The molecule has 0 aliphatic carbocycles. The molecule has 1 atom stereocenters. The average Bonchev–Trinajstić information content (AvgIpc) is 2.84. The van der Waals surface area contributed by atoms with Gasteiger partial charge in [-0.15, -0.1) is 0 Å². The highest BCUT2D eigenvalue weighted by Gasteiger charge is 2.25. The van der Waals surface area contributed by atoms with E-state index in [0.29, 0.717) is 18.2 Å². The molecule has 1 amide bonds. The first-order valence-corrected chi connectivity index (χ1v) is 13.7. The fourth-order valence-electron chi connectivity index (χ4n) is 4.26. The first-order valence-electron chi connectivity index (χ1n) is 12.2. The number of nitrogens with zero attached hydrogens (tertiary/aromatic N) is 3. The molecule has 4 bridgehead atoms. The predicted molar refractivity (Wildman–Crippen MR) is 144 cm³/mol. The van der Waals surface area contributed by atoms with E-state index in [1.807, 2.05) is 32.0 Å². The second-order valence-electron chi connectivity index (χ2n) is 9.64. The van der Waals surface area contributed by atoms with Gasteiger partial charge in [0.2, 0.25) is 11.8 Å². The lowest BCUT2D eigenvalue weighted by atomic mass is 10.00. The van der Waals surface area contributed by atoms with E-state index in [1.165, 1.54) is 12.1 Å². The van der Waals surface area contributed by atoms with Crippen LogP contribution in [0.3, 0.4) is 0 Å². The number of carbonyl (C=O) groups excluding carboxylic acids is 1. The molecule has 0 spiro atoms. The molecule has 4 rings (SSSR count). The van der Waals surface area contributed by atoms with Crippen molar-refractivity contribution in [3.05, 3.63) is 77.9 Å². The Morgan fingerprint density at radius 3 is 2.51 bits per heavy atom. The van der Waals surface area contributed by atoms with Crippen LogP contribution < -0.4 is 9.46 Å². The summed E-state index contributed by atoms with van der Waals surface area (Å²) >= 11 is 0. The largest absolute Gasteiger partial charge is 0.468 e. The molecule has 0 saturated carbocycles. The van der Waals surface area contributed by atoms with Crippen molar-refractivity contribution in [1.29, 1.82) is 0 Å². The number of carbonyl (C=O) groups is 1. The number of fused-ring (bicyclic) bond motifs is 4. The molecular formula is C28H32N4O4S. The summed E-state index contributed by atoms with van der Waals surface area (Å²) in [5.41, 5.74) is 3.63. The molecule has 1 aromatic heterocycles.